The van der Waals surface area contributed by atoms with Crippen molar-refractivity contribution in [3.05, 3.63) is 36.2 Å². The lowest BCUT2D eigenvalue weighted by atomic mass is 9.97. The van der Waals surface area contributed by atoms with Crippen LogP contribution in [0, 0.1) is 5.92 Å². The zero-order chi connectivity index (χ0) is 15.5. The summed E-state index contributed by atoms with van der Waals surface area (Å²) in [5, 5.41) is 11.7. The number of amides is 1. The molecule has 1 N–H and O–H groups in total. The number of hydrogen-bond acceptors (Lipinski definition) is 3. The topological polar surface area (TPSA) is 59.8 Å². The summed E-state index contributed by atoms with van der Waals surface area (Å²) in [7, 11) is 0. The Bertz CT molecular complexity index is 648. The highest BCUT2D eigenvalue weighted by molar-refractivity contribution is 5.83. The number of fused-ring (bicyclic) bond motifs is 1. The zero-order valence-corrected chi connectivity index (χ0v) is 13.1. The number of rotatable bonds is 4. The Morgan fingerprint density at radius 2 is 2.09 bits per heavy atom. The first-order chi connectivity index (χ1) is 10.7. The monoisotopic (exact) mass is 298 g/mol. The average Bonchev–Trinajstić information content (AvgIpc) is 2.97. The fraction of sp³-hybridized carbons (Fsp3) is 0.471. The fourth-order valence-corrected chi connectivity index (χ4v) is 2.85. The van der Waals surface area contributed by atoms with E-state index in [9.17, 15) is 4.79 Å². The molecular weight excluding hydrogens is 276 g/mol. The summed E-state index contributed by atoms with van der Waals surface area (Å²) in [6, 6.07) is 10.0. The molecule has 1 aromatic carbocycles. The maximum absolute atomic E-state index is 12.4. The molecule has 0 radical (unpaired) electrons. The third kappa shape index (κ3) is 2.89. The minimum Gasteiger partial charge on any atom is -0.355 e. The van der Waals surface area contributed by atoms with Gasteiger partial charge in [0.25, 0.3) is 0 Å². The lowest BCUT2D eigenvalue weighted by Gasteiger charge is -2.23. The summed E-state index contributed by atoms with van der Waals surface area (Å²) in [6.07, 6.45) is 1.82. The standard InChI is InChI=1S/C17H22N4O/c1-12(2)11-18-17(22)14-9-6-10-21-15(19-20-16(14)21)13-7-4-3-5-8-13/h3-5,7-8,12,14H,6,9-11H2,1-2H3,(H,18,22). The van der Waals surface area contributed by atoms with Crippen LogP contribution in [0.3, 0.4) is 0 Å². The molecule has 1 aromatic heterocycles. The van der Waals surface area contributed by atoms with Crippen molar-refractivity contribution in [3.8, 4) is 11.4 Å². The van der Waals surface area contributed by atoms with E-state index in [2.05, 4.69) is 33.9 Å². The SMILES string of the molecule is CC(C)CNC(=O)C1CCCn2c(-c3ccccc3)nnc21. The summed E-state index contributed by atoms with van der Waals surface area (Å²) in [5.74, 6) is 1.99. The predicted molar refractivity (Wildman–Crippen MR) is 85.3 cm³/mol. The highest BCUT2D eigenvalue weighted by atomic mass is 16.1. The largest absolute Gasteiger partial charge is 0.355 e. The number of carbonyl (C=O) groups is 1. The average molecular weight is 298 g/mol. The van der Waals surface area contributed by atoms with Crippen molar-refractivity contribution in [2.45, 2.75) is 39.2 Å². The third-order valence-corrected chi connectivity index (χ3v) is 4.00. The van der Waals surface area contributed by atoms with Crippen LogP contribution in [-0.4, -0.2) is 27.2 Å². The molecule has 1 amide bonds. The predicted octanol–water partition coefficient (Wildman–Crippen LogP) is 2.59. The molecule has 0 saturated heterocycles. The van der Waals surface area contributed by atoms with Gasteiger partial charge < -0.3 is 9.88 Å². The van der Waals surface area contributed by atoms with Crippen molar-refractivity contribution in [3.63, 3.8) is 0 Å². The van der Waals surface area contributed by atoms with E-state index < -0.39 is 0 Å². The first-order valence-corrected chi connectivity index (χ1v) is 7.93. The first-order valence-electron chi connectivity index (χ1n) is 7.93. The second kappa shape index (κ2) is 6.30. The van der Waals surface area contributed by atoms with Crippen LogP contribution in [0.15, 0.2) is 30.3 Å². The Hall–Kier alpha value is -2.17. The van der Waals surface area contributed by atoms with Crippen LogP contribution in [0.2, 0.25) is 0 Å². The van der Waals surface area contributed by atoms with Gasteiger partial charge in [-0.2, -0.15) is 0 Å². The van der Waals surface area contributed by atoms with Crippen LogP contribution < -0.4 is 5.32 Å². The number of benzene rings is 1. The Morgan fingerprint density at radius 3 is 2.82 bits per heavy atom. The van der Waals surface area contributed by atoms with Gasteiger partial charge >= 0.3 is 0 Å². The number of hydrogen-bond donors (Lipinski definition) is 1. The van der Waals surface area contributed by atoms with E-state index >= 15 is 0 Å². The highest BCUT2D eigenvalue weighted by Crippen LogP contribution is 2.30. The summed E-state index contributed by atoms with van der Waals surface area (Å²) >= 11 is 0. The van der Waals surface area contributed by atoms with E-state index in [4.69, 9.17) is 0 Å². The van der Waals surface area contributed by atoms with E-state index in [0.717, 1.165) is 36.6 Å². The molecule has 1 aliphatic heterocycles. The molecule has 0 bridgehead atoms. The number of carbonyl (C=O) groups excluding carboxylic acids is 1. The molecule has 2 heterocycles. The zero-order valence-electron chi connectivity index (χ0n) is 13.1. The number of nitrogens with zero attached hydrogens (tertiary/aromatic N) is 3. The molecule has 3 rings (SSSR count). The van der Waals surface area contributed by atoms with E-state index in [-0.39, 0.29) is 11.8 Å². The van der Waals surface area contributed by atoms with Crippen molar-refractivity contribution >= 4 is 5.91 Å². The van der Waals surface area contributed by atoms with Crippen LogP contribution in [0.4, 0.5) is 0 Å². The van der Waals surface area contributed by atoms with Gasteiger partial charge in [0.15, 0.2) is 5.82 Å². The molecule has 0 aliphatic carbocycles. The van der Waals surface area contributed by atoms with Crippen LogP contribution in [-0.2, 0) is 11.3 Å². The normalized spacial score (nSPS) is 17.3. The van der Waals surface area contributed by atoms with E-state index in [1.54, 1.807) is 0 Å². The van der Waals surface area contributed by atoms with Crippen molar-refractivity contribution in [2.24, 2.45) is 5.92 Å². The van der Waals surface area contributed by atoms with Gasteiger partial charge in [0.2, 0.25) is 5.91 Å². The molecule has 22 heavy (non-hydrogen) atoms. The molecule has 2 aromatic rings. The van der Waals surface area contributed by atoms with Gasteiger partial charge in [-0.1, -0.05) is 44.2 Å². The molecule has 5 heteroatoms. The van der Waals surface area contributed by atoms with Gasteiger partial charge in [-0.3, -0.25) is 4.79 Å². The molecule has 0 saturated carbocycles. The molecule has 1 aliphatic rings. The minimum absolute atomic E-state index is 0.0710. The highest BCUT2D eigenvalue weighted by Gasteiger charge is 2.30. The lowest BCUT2D eigenvalue weighted by molar-refractivity contribution is -0.123. The second-order valence-electron chi connectivity index (χ2n) is 6.23. The smallest absolute Gasteiger partial charge is 0.230 e. The van der Waals surface area contributed by atoms with Crippen LogP contribution in [0.5, 0.6) is 0 Å². The summed E-state index contributed by atoms with van der Waals surface area (Å²) in [4.78, 5) is 12.4. The fourth-order valence-electron chi connectivity index (χ4n) is 2.85. The van der Waals surface area contributed by atoms with Gasteiger partial charge in [-0.05, 0) is 18.8 Å². The number of nitrogens with one attached hydrogen (secondary N) is 1. The molecule has 1 unspecified atom stereocenters. The second-order valence-corrected chi connectivity index (χ2v) is 6.23. The van der Waals surface area contributed by atoms with E-state index in [1.807, 2.05) is 30.3 Å². The molecule has 0 fully saturated rings. The molecule has 5 nitrogen and oxygen atoms in total. The van der Waals surface area contributed by atoms with Crippen LogP contribution in [0.25, 0.3) is 11.4 Å². The van der Waals surface area contributed by atoms with Crippen LogP contribution in [0.1, 0.15) is 38.4 Å². The van der Waals surface area contributed by atoms with Crippen molar-refractivity contribution in [1.29, 1.82) is 0 Å². The van der Waals surface area contributed by atoms with E-state index in [1.165, 1.54) is 0 Å². The van der Waals surface area contributed by atoms with E-state index in [0.29, 0.717) is 12.5 Å². The molecule has 116 valence electrons. The summed E-state index contributed by atoms with van der Waals surface area (Å²) in [5.41, 5.74) is 1.05. The Kier molecular flexibility index (Phi) is 4.22. The molecular formula is C17H22N4O. The quantitative estimate of drug-likeness (QED) is 0.944. The lowest BCUT2D eigenvalue weighted by Crippen LogP contribution is -2.35. The summed E-state index contributed by atoms with van der Waals surface area (Å²) in [6.45, 7) is 5.77. The van der Waals surface area contributed by atoms with Crippen molar-refractivity contribution < 1.29 is 4.79 Å². The Labute approximate surface area is 130 Å². The maximum Gasteiger partial charge on any atom is 0.230 e. The minimum atomic E-state index is -0.183. The Morgan fingerprint density at radius 1 is 1.32 bits per heavy atom. The van der Waals surface area contributed by atoms with Gasteiger partial charge in [-0.15, -0.1) is 10.2 Å². The van der Waals surface area contributed by atoms with Gasteiger partial charge in [0.1, 0.15) is 5.82 Å². The summed E-state index contributed by atoms with van der Waals surface area (Å²) < 4.78 is 2.10. The van der Waals surface area contributed by atoms with Gasteiger partial charge in [-0.25, -0.2) is 0 Å². The maximum atomic E-state index is 12.4. The van der Waals surface area contributed by atoms with Gasteiger partial charge in [0.05, 0.1) is 5.92 Å². The van der Waals surface area contributed by atoms with Gasteiger partial charge in [0, 0.05) is 18.7 Å². The number of aromatic nitrogens is 3. The Balaban J connectivity index is 1.86. The third-order valence-electron chi connectivity index (χ3n) is 4.00. The molecule has 0 spiro atoms. The molecule has 1 atom stereocenters. The van der Waals surface area contributed by atoms with Crippen molar-refractivity contribution in [1.82, 2.24) is 20.1 Å². The van der Waals surface area contributed by atoms with Crippen LogP contribution >= 0.6 is 0 Å². The van der Waals surface area contributed by atoms with Crippen molar-refractivity contribution in [2.75, 3.05) is 6.54 Å². The first kappa shape index (κ1) is 14.8.